The maximum atomic E-state index is 10.9. The van der Waals surface area contributed by atoms with Crippen LogP contribution in [0.15, 0.2) is 72.9 Å². The van der Waals surface area contributed by atoms with E-state index in [1.54, 1.807) is 0 Å². The molecule has 0 radical (unpaired) electrons. The molecule has 26 heavy (non-hydrogen) atoms. The Hall–Kier alpha value is -2.09. The van der Waals surface area contributed by atoms with Gasteiger partial charge in [0.05, 0.1) is 0 Å². The summed E-state index contributed by atoms with van der Waals surface area (Å²) < 4.78 is 5.10. The molecule has 1 aliphatic rings. The quantitative estimate of drug-likeness (QED) is 0.172. The van der Waals surface area contributed by atoms with Crippen LogP contribution in [0, 0.1) is 0 Å². The fourth-order valence-electron chi connectivity index (χ4n) is 2.19. The zero-order chi connectivity index (χ0) is 19.3. The highest BCUT2D eigenvalue weighted by Gasteiger charge is 2.19. The summed E-state index contributed by atoms with van der Waals surface area (Å²) in [7, 11) is 0. The number of carbonyl (C=O) groups is 1. The van der Waals surface area contributed by atoms with Crippen LogP contribution < -0.4 is 0 Å². The molecule has 2 heteroatoms. The number of carbonyl (C=O) groups excluding carboxylic acids is 1. The fourth-order valence-corrected chi connectivity index (χ4v) is 2.19. The van der Waals surface area contributed by atoms with Crippen molar-refractivity contribution in [1.82, 2.24) is 0 Å². The van der Waals surface area contributed by atoms with Gasteiger partial charge in [-0.25, -0.2) is 0 Å². The summed E-state index contributed by atoms with van der Waals surface area (Å²) >= 11 is 0. The molecule has 1 unspecified atom stereocenters. The lowest BCUT2D eigenvalue weighted by molar-refractivity contribution is -0.139. The van der Waals surface area contributed by atoms with Crippen LogP contribution in [-0.2, 0) is 9.53 Å². The Morgan fingerprint density at radius 1 is 0.846 bits per heavy atom. The number of rotatable bonds is 11. The van der Waals surface area contributed by atoms with E-state index in [9.17, 15) is 4.79 Å². The van der Waals surface area contributed by atoms with Crippen molar-refractivity contribution >= 4 is 5.97 Å². The Morgan fingerprint density at radius 3 is 2.08 bits per heavy atom. The van der Waals surface area contributed by atoms with Gasteiger partial charge in [-0.3, -0.25) is 4.79 Å². The van der Waals surface area contributed by atoms with Crippen molar-refractivity contribution in [2.24, 2.45) is 0 Å². The predicted octanol–water partition coefficient (Wildman–Crippen LogP) is 7.03. The van der Waals surface area contributed by atoms with Crippen LogP contribution in [-0.4, -0.2) is 12.1 Å². The molecule has 0 aromatic carbocycles. The van der Waals surface area contributed by atoms with E-state index < -0.39 is 0 Å². The number of hydrogen-bond acceptors (Lipinski definition) is 2. The highest BCUT2D eigenvalue weighted by Crippen LogP contribution is 2.14. The Morgan fingerprint density at radius 2 is 1.46 bits per heavy atom. The first-order valence-electron chi connectivity index (χ1n) is 9.97. The molecule has 2 nitrogen and oxygen atoms in total. The number of esters is 1. The average molecular weight is 357 g/mol. The normalized spacial score (nSPS) is 18.1. The standard InChI is InChI=1S/C22H30O2.C2H6/c1-2-3-4-5-6-7-8-9-10-11-12-13-14-15-16-17-18-21-19-20-22(23)24-21;1-2/h3-4,7-10,12-13,15-18,21H,2,5-6,11,14,19-20H2,1H3;1-2H3/b4-3-,8-7+,10-9-,13-12-,16-15-,18-17+;. The van der Waals surface area contributed by atoms with Crippen molar-refractivity contribution in [1.29, 1.82) is 0 Å². The summed E-state index contributed by atoms with van der Waals surface area (Å²) in [6.07, 6.45) is 31.9. The molecule has 0 aromatic heterocycles. The molecule has 0 spiro atoms. The molecule has 1 fully saturated rings. The summed E-state index contributed by atoms with van der Waals surface area (Å²) in [6, 6.07) is 0. The van der Waals surface area contributed by atoms with Crippen LogP contribution in [0.25, 0.3) is 0 Å². The molecule has 1 saturated heterocycles. The summed E-state index contributed by atoms with van der Waals surface area (Å²) in [5.41, 5.74) is 0. The van der Waals surface area contributed by atoms with Gasteiger partial charge in [-0.15, -0.1) is 0 Å². The summed E-state index contributed by atoms with van der Waals surface area (Å²) in [6.45, 7) is 6.16. The average Bonchev–Trinajstić information content (AvgIpc) is 3.08. The first-order chi connectivity index (χ1) is 12.8. The third-order valence-corrected chi connectivity index (χ3v) is 3.49. The molecule has 0 aromatic rings. The fraction of sp³-hybridized carbons (Fsp3) is 0.458. The van der Waals surface area contributed by atoms with Gasteiger partial charge < -0.3 is 4.74 Å². The maximum Gasteiger partial charge on any atom is 0.306 e. The SMILES string of the molecule is CC.CC/C=C\CC/C=C/C=C\C/C=C\C/C=C\C=C\C1CCC(=O)O1. The van der Waals surface area contributed by atoms with E-state index in [0.29, 0.717) is 6.42 Å². The number of hydrogen-bond donors (Lipinski definition) is 0. The van der Waals surface area contributed by atoms with E-state index in [-0.39, 0.29) is 12.1 Å². The largest absolute Gasteiger partial charge is 0.458 e. The van der Waals surface area contributed by atoms with Crippen molar-refractivity contribution in [3.63, 3.8) is 0 Å². The van der Waals surface area contributed by atoms with Crippen LogP contribution in [0.5, 0.6) is 0 Å². The number of ether oxygens (including phenoxy) is 1. The second-order valence-electron chi connectivity index (χ2n) is 5.64. The lowest BCUT2D eigenvalue weighted by Gasteiger charge is -1.99. The van der Waals surface area contributed by atoms with E-state index in [1.807, 2.05) is 32.1 Å². The Balaban J connectivity index is 0.00000301. The molecule has 1 atom stereocenters. The second-order valence-corrected chi connectivity index (χ2v) is 5.64. The van der Waals surface area contributed by atoms with E-state index in [4.69, 9.17) is 4.74 Å². The van der Waals surface area contributed by atoms with Gasteiger partial charge >= 0.3 is 5.97 Å². The third-order valence-electron chi connectivity index (χ3n) is 3.49. The minimum Gasteiger partial charge on any atom is -0.458 e. The number of allylic oxidation sites excluding steroid dienone is 11. The molecular weight excluding hydrogens is 320 g/mol. The first-order valence-corrected chi connectivity index (χ1v) is 9.97. The van der Waals surface area contributed by atoms with Gasteiger partial charge in [-0.1, -0.05) is 87.6 Å². The predicted molar refractivity (Wildman–Crippen MR) is 114 cm³/mol. The summed E-state index contributed by atoms with van der Waals surface area (Å²) in [5.74, 6) is -0.0900. The lowest BCUT2D eigenvalue weighted by atomic mass is 10.2. The van der Waals surface area contributed by atoms with Crippen LogP contribution >= 0.6 is 0 Å². The van der Waals surface area contributed by atoms with Gasteiger partial charge in [0.2, 0.25) is 0 Å². The van der Waals surface area contributed by atoms with E-state index in [1.165, 1.54) is 0 Å². The van der Waals surface area contributed by atoms with Crippen molar-refractivity contribution in [2.45, 2.75) is 71.8 Å². The zero-order valence-corrected chi connectivity index (χ0v) is 16.8. The van der Waals surface area contributed by atoms with E-state index in [2.05, 4.69) is 61.6 Å². The first kappa shape index (κ1) is 23.9. The van der Waals surface area contributed by atoms with Gasteiger partial charge in [-0.05, 0) is 44.6 Å². The monoisotopic (exact) mass is 356 g/mol. The minimum absolute atomic E-state index is 0.0291. The molecule has 1 aliphatic heterocycles. The third kappa shape index (κ3) is 15.4. The van der Waals surface area contributed by atoms with Gasteiger partial charge in [0.1, 0.15) is 6.10 Å². The molecule has 0 saturated carbocycles. The van der Waals surface area contributed by atoms with Gasteiger partial charge in [0, 0.05) is 6.42 Å². The molecule has 0 N–H and O–H groups in total. The summed E-state index contributed by atoms with van der Waals surface area (Å²) in [4.78, 5) is 10.9. The van der Waals surface area contributed by atoms with Crippen LogP contribution in [0.3, 0.4) is 0 Å². The highest BCUT2D eigenvalue weighted by molar-refractivity contribution is 5.71. The molecule has 144 valence electrons. The lowest BCUT2D eigenvalue weighted by Crippen LogP contribution is -2.01. The van der Waals surface area contributed by atoms with Gasteiger partial charge in [-0.2, -0.15) is 0 Å². The molecule has 0 bridgehead atoms. The smallest absolute Gasteiger partial charge is 0.306 e. The van der Waals surface area contributed by atoms with Crippen molar-refractivity contribution < 1.29 is 9.53 Å². The molecule has 0 aliphatic carbocycles. The van der Waals surface area contributed by atoms with Crippen LogP contribution in [0.4, 0.5) is 0 Å². The van der Waals surface area contributed by atoms with E-state index >= 15 is 0 Å². The van der Waals surface area contributed by atoms with Crippen LogP contribution in [0.2, 0.25) is 0 Å². The second kappa shape index (κ2) is 19.2. The van der Waals surface area contributed by atoms with Gasteiger partial charge in [0.25, 0.3) is 0 Å². The molecule has 1 heterocycles. The maximum absolute atomic E-state index is 10.9. The zero-order valence-electron chi connectivity index (χ0n) is 16.8. The van der Waals surface area contributed by atoms with Crippen molar-refractivity contribution in [3.8, 4) is 0 Å². The molecule has 0 amide bonds. The topological polar surface area (TPSA) is 26.3 Å². The Labute approximate surface area is 160 Å². The Kier molecular flexibility index (Phi) is 17.7. The van der Waals surface area contributed by atoms with Crippen LogP contribution in [0.1, 0.15) is 65.7 Å². The summed E-state index contributed by atoms with van der Waals surface area (Å²) in [5, 5.41) is 0. The van der Waals surface area contributed by atoms with Crippen molar-refractivity contribution in [3.05, 3.63) is 72.9 Å². The van der Waals surface area contributed by atoms with E-state index in [0.717, 1.165) is 38.5 Å². The molecular formula is C24H36O2. The minimum atomic E-state index is -0.0900. The number of cyclic esters (lactones) is 1. The Bertz CT molecular complexity index is 504. The number of unbranched alkanes of at least 4 members (excludes halogenated alkanes) is 1. The molecule has 1 rings (SSSR count). The highest BCUT2D eigenvalue weighted by atomic mass is 16.5. The van der Waals surface area contributed by atoms with Gasteiger partial charge in [0.15, 0.2) is 0 Å². The van der Waals surface area contributed by atoms with Crippen molar-refractivity contribution in [2.75, 3.05) is 0 Å².